The van der Waals surface area contributed by atoms with Crippen molar-refractivity contribution in [1.29, 1.82) is 0 Å². The van der Waals surface area contributed by atoms with Crippen molar-refractivity contribution in [3.63, 3.8) is 0 Å². The first-order chi connectivity index (χ1) is 7.46. The molecule has 0 aliphatic carbocycles. The molecule has 90 valence electrons. The topological polar surface area (TPSA) is 43.4 Å². The summed E-state index contributed by atoms with van der Waals surface area (Å²) in [5.41, 5.74) is 2.04. The summed E-state index contributed by atoms with van der Waals surface area (Å²) in [7, 11) is 3.37. The van der Waals surface area contributed by atoms with Crippen LogP contribution in [-0.4, -0.2) is 21.3 Å². The Hall–Kier alpha value is -0.740. The van der Waals surface area contributed by atoms with Crippen LogP contribution in [0.1, 0.15) is 18.1 Å². The van der Waals surface area contributed by atoms with Gasteiger partial charge in [0.1, 0.15) is 5.75 Å². The number of aryl methyl sites for hydroxylation is 2. The minimum Gasteiger partial charge on any atom is -0.496 e. The van der Waals surface area contributed by atoms with Crippen LogP contribution < -0.4 is 4.74 Å². The molecular formula is C11H15ClO3S. The highest BCUT2D eigenvalue weighted by Gasteiger charge is 2.07. The summed E-state index contributed by atoms with van der Waals surface area (Å²) in [5, 5.41) is 0. The lowest BCUT2D eigenvalue weighted by molar-refractivity contribution is 0.410. The third-order valence-electron chi connectivity index (χ3n) is 2.36. The van der Waals surface area contributed by atoms with Crippen LogP contribution >= 0.6 is 10.7 Å². The summed E-state index contributed by atoms with van der Waals surface area (Å²) in [6.45, 7) is 2.03. The molecule has 0 aromatic heterocycles. The lowest BCUT2D eigenvalue weighted by Crippen LogP contribution is -2.02. The maximum absolute atomic E-state index is 10.8. The van der Waals surface area contributed by atoms with Crippen LogP contribution in [0, 0.1) is 0 Å². The van der Waals surface area contributed by atoms with E-state index >= 15 is 0 Å². The van der Waals surface area contributed by atoms with Crippen molar-refractivity contribution >= 4 is 19.7 Å². The number of hydrogen-bond donors (Lipinski definition) is 0. The molecule has 1 rings (SSSR count). The summed E-state index contributed by atoms with van der Waals surface area (Å²) in [5.74, 6) is 0.796. The molecule has 5 heteroatoms. The van der Waals surface area contributed by atoms with Gasteiger partial charge in [-0.3, -0.25) is 0 Å². The number of methoxy groups -OCH3 is 1. The summed E-state index contributed by atoms with van der Waals surface area (Å²) < 4.78 is 26.8. The number of hydrogen-bond acceptors (Lipinski definition) is 3. The average molecular weight is 263 g/mol. The lowest BCUT2D eigenvalue weighted by atomic mass is 10.1. The first-order valence-electron chi connectivity index (χ1n) is 5.04. The molecule has 0 atom stereocenters. The van der Waals surface area contributed by atoms with E-state index in [1.807, 2.05) is 25.1 Å². The van der Waals surface area contributed by atoms with E-state index in [4.69, 9.17) is 15.4 Å². The summed E-state index contributed by atoms with van der Waals surface area (Å²) in [4.78, 5) is 0. The van der Waals surface area contributed by atoms with Crippen molar-refractivity contribution in [2.75, 3.05) is 12.9 Å². The third kappa shape index (κ3) is 4.02. The van der Waals surface area contributed by atoms with Gasteiger partial charge in [0.15, 0.2) is 0 Å². The number of benzene rings is 1. The summed E-state index contributed by atoms with van der Waals surface area (Å²) in [6, 6.07) is 5.68. The average Bonchev–Trinajstić information content (AvgIpc) is 2.25. The second-order valence-corrected chi connectivity index (χ2v) is 6.39. The Bertz CT molecular complexity index is 454. The molecule has 1 aromatic rings. The highest BCUT2D eigenvalue weighted by molar-refractivity contribution is 8.13. The van der Waals surface area contributed by atoms with Crippen LogP contribution in [0.15, 0.2) is 18.2 Å². The van der Waals surface area contributed by atoms with E-state index in [9.17, 15) is 8.42 Å². The molecule has 0 fully saturated rings. The second-order valence-electron chi connectivity index (χ2n) is 3.49. The number of ether oxygens (including phenoxy) is 1. The molecule has 3 nitrogen and oxygen atoms in total. The molecule has 0 aliphatic heterocycles. The highest BCUT2D eigenvalue weighted by Crippen LogP contribution is 2.21. The standard InChI is InChI=1S/C11H15ClO3S/c1-3-10-8-9(4-5-11(10)15-2)6-7-16(12,13)14/h4-5,8H,3,6-7H2,1-2H3. The van der Waals surface area contributed by atoms with Crippen molar-refractivity contribution in [2.45, 2.75) is 19.8 Å². The van der Waals surface area contributed by atoms with E-state index in [0.717, 1.165) is 23.3 Å². The van der Waals surface area contributed by atoms with Crippen molar-refractivity contribution in [2.24, 2.45) is 0 Å². The first kappa shape index (κ1) is 13.3. The molecular weight excluding hydrogens is 248 g/mol. The van der Waals surface area contributed by atoms with Crippen LogP contribution in [0.4, 0.5) is 0 Å². The van der Waals surface area contributed by atoms with Gasteiger partial charge in [-0.2, -0.15) is 0 Å². The fourth-order valence-corrected chi connectivity index (χ4v) is 2.21. The van der Waals surface area contributed by atoms with Crippen LogP contribution in [0.2, 0.25) is 0 Å². The van der Waals surface area contributed by atoms with Gasteiger partial charge in [0.2, 0.25) is 9.05 Å². The van der Waals surface area contributed by atoms with E-state index < -0.39 is 9.05 Å². The van der Waals surface area contributed by atoms with Crippen LogP contribution in [-0.2, 0) is 21.9 Å². The fourth-order valence-electron chi connectivity index (χ4n) is 1.50. The Morgan fingerprint density at radius 1 is 1.38 bits per heavy atom. The van der Waals surface area contributed by atoms with Crippen molar-refractivity contribution < 1.29 is 13.2 Å². The second kappa shape index (κ2) is 5.55. The van der Waals surface area contributed by atoms with E-state index in [0.29, 0.717) is 6.42 Å². The van der Waals surface area contributed by atoms with Gasteiger partial charge in [0.05, 0.1) is 12.9 Å². The zero-order chi connectivity index (χ0) is 12.2. The van der Waals surface area contributed by atoms with Crippen LogP contribution in [0.25, 0.3) is 0 Å². The van der Waals surface area contributed by atoms with Crippen molar-refractivity contribution in [1.82, 2.24) is 0 Å². The van der Waals surface area contributed by atoms with Crippen molar-refractivity contribution in [3.8, 4) is 5.75 Å². The van der Waals surface area contributed by atoms with Gasteiger partial charge in [-0.05, 0) is 30.0 Å². The monoisotopic (exact) mass is 262 g/mol. The molecule has 0 saturated carbocycles. The Kier molecular flexibility index (Phi) is 4.62. The van der Waals surface area contributed by atoms with E-state index in [2.05, 4.69) is 0 Å². The lowest BCUT2D eigenvalue weighted by Gasteiger charge is -2.08. The summed E-state index contributed by atoms with van der Waals surface area (Å²) >= 11 is 0. The minimum absolute atomic E-state index is 0.0377. The fraction of sp³-hybridized carbons (Fsp3) is 0.455. The predicted octanol–water partition coefficient (Wildman–Crippen LogP) is 2.37. The third-order valence-corrected chi connectivity index (χ3v) is 3.51. The van der Waals surface area contributed by atoms with E-state index in [1.54, 1.807) is 7.11 Å². The van der Waals surface area contributed by atoms with Gasteiger partial charge in [0.25, 0.3) is 0 Å². The summed E-state index contributed by atoms with van der Waals surface area (Å²) in [6.07, 6.45) is 1.29. The van der Waals surface area contributed by atoms with Gasteiger partial charge in [-0.1, -0.05) is 19.1 Å². The highest BCUT2D eigenvalue weighted by atomic mass is 35.7. The molecule has 16 heavy (non-hydrogen) atoms. The Balaban J connectivity index is 2.83. The Morgan fingerprint density at radius 3 is 2.56 bits per heavy atom. The Morgan fingerprint density at radius 2 is 2.06 bits per heavy atom. The molecule has 0 unspecified atom stereocenters. The van der Waals surface area contributed by atoms with Gasteiger partial charge in [0, 0.05) is 10.7 Å². The molecule has 0 N–H and O–H groups in total. The molecule has 0 spiro atoms. The van der Waals surface area contributed by atoms with Gasteiger partial charge < -0.3 is 4.74 Å². The zero-order valence-electron chi connectivity index (χ0n) is 9.36. The molecule has 0 bridgehead atoms. The molecule has 1 aromatic carbocycles. The Labute approximate surface area is 101 Å². The largest absolute Gasteiger partial charge is 0.496 e. The van der Waals surface area contributed by atoms with E-state index in [1.165, 1.54) is 0 Å². The van der Waals surface area contributed by atoms with Gasteiger partial charge in [-0.15, -0.1) is 0 Å². The van der Waals surface area contributed by atoms with Gasteiger partial charge in [-0.25, -0.2) is 8.42 Å². The molecule has 0 saturated heterocycles. The number of halogens is 1. The number of rotatable bonds is 5. The van der Waals surface area contributed by atoms with Crippen LogP contribution in [0.5, 0.6) is 5.75 Å². The van der Waals surface area contributed by atoms with Crippen LogP contribution in [0.3, 0.4) is 0 Å². The first-order valence-corrected chi connectivity index (χ1v) is 7.52. The predicted molar refractivity (Wildman–Crippen MR) is 65.7 cm³/mol. The molecule has 0 radical (unpaired) electrons. The maximum Gasteiger partial charge on any atom is 0.232 e. The SMILES string of the molecule is CCc1cc(CCS(=O)(=O)Cl)ccc1OC. The minimum atomic E-state index is -3.42. The maximum atomic E-state index is 10.8. The zero-order valence-corrected chi connectivity index (χ0v) is 10.9. The molecule has 0 heterocycles. The quantitative estimate of drug-likeness (QED) is 0.765. The van der Waals surface area contributed by atoms with E-state index in [-0.39, 0.29) is 5.75 Å². The van der Waals surface area contributed by atoms with Crippen molar-refractivity contribution in [3.05, 3.63) is 29.3 Å². The molecule has 0 aliphatic rings. The molecule has 0 amide bonds. The van der Waals surface area contributed by atoms with Gasteiger partial charge >= 0.3 is 0 Å². The normalized spacial score (nSPS) is 11.4. The smallest absolute Gasteiger partial charge is 0.232 e.